The molecule has 0 unspecified atom stereocenters. The van der Waals surface area contributed by atoms with E-state index in [1.165, 1.54) is 25.7 Å². The first-order chi connectivity index (χ1) is 8.76. The molecule has 0 atom stereocenters. The van der Waals surface area contributed by atoms with E-state index in [-0.39, 0.29) is 0 Å². The lowest BCUT2D eigenvalue weighted by Crippen LogP contribution is -2.33. The smallest absolute Gasteiger partial charge is 0.129 e. The number of hydrogen-bond donors (Lipinski definition) is 1. The molecule has 18 heavy (non-hydrogen) atoms. The predicted octanol–water partition coefficient (Wildman–Crippen LogP) is 3.22. The monoisotopic (exact) mass is 267 g/mol. The van der Waals surface area contributed by atoms with Crippen molar-refractivity contribution in [2.75, 3.05) is 18.5 Å². The van der Waals surface area contributed by atoms with E-state index in [0.717, 1.165) is 29.5 Å². The molecule has 0 bridgehead atoms. The number of hydrogen-bond acceptors (Lipinski definition) is 3. The molecule has 2 rings (SSSR count). The van der Waals surface area contributed by atoms with E-state index in [0.29, 0.717) is 6.04 Å². The minimum atomic E-state index is 0.658. The molecule has 0 saturated heterocycles. The number of nitrogens with zero attached hydrogens (tertiary/aromatic N) is 2. The second kappa shape index (κ2) is 6.39. The van der Waals surface area contributed by atoms with Gasteiger partial charge in [-0.15, -0.1) is 0 Å². The molecule has 1 heterocycles. The average molecular weight is 268 g/mol. The third-order valence-corrected chi connectivity index (χ3v) is 4.03. The van der Waals surface area contributed by atoms with Crippen LogP contribution in [0.2, 0.25) is 5.02 Å². The maximum Gasteiger partial charge on any atom is 0.129 e. The van der Waals surface area contributed by atoms with Crippen molar-refractivity contribution in [1.29, 1.82) is 0 Å². The maximum atomic E-state index is 6.16. The Labute approximate surface area is 115 Å². The number of nitrogens with one attached hydrogen (secondary N) is 1. The minimum absolute atomic E-state index is 0.658. The van der Waals surface area contributed by atoms with Gasteiger partial charge in [0.05, 0.1) is 5.02 Å². The fraction of sp³-hybridized carbons (Fsp3) is 0.643. The second-order valence-electron chi connectivity index (χ2n) is 4.89. The lowest BCUT2D eigenvalue weighted by Gasteiger charge is -2.29. The Bertz CT molecular complexity index is 389. The quantitative estimate of drug-likeness (QED) is 0.888. The van der Waals surface area contributed by atoms with Gasteiger partial charge in [-0.05, 0) is 38.4 Å². The zero-order chi connectivity index (χ0) is 13.0. The van der Waals surface area contributed by atoms with Crippen molar-refractivity contribution in [3.8, 4) is 0 Å². The normalized spacial score (nSPS) is 16.2. The third-order valence-electron chi connectivity index (χ3n) is 3.69. The van der Waals surface area contributed by atoms with Crippen molar-refractivity contribution in [3.05, 3.63) is 22.8 Å². The van der Waals surface area contributed by atoms with Crippen molar-refractivity contribution in [1.82, 2.24) is 10.3 Å². The molecule has 4 heteroatoms. The summed E-state index contributed by atoms with van der Waals surface area (Å²) in [6.45, 7) is 4.00. The van der Waals surface area contributed by atoms with Gasteiger partial charge in [-0.1, -0.05) is 24.4 Å². The maximum absolute atomic E-state index is 6.16. The van der Waals surface area contributed by atoms with E-state index < -0.39 is 0 Å². The van der Waals surface area contributed by atoms with Crippen LogP contribution in [0.15, 0.2) is 12.3 Å². The number of rotatable bonds is 5. The molecule has 0 aromatic carbocycles. The van der Waals surface area contributed by atoms with Crippen molar-refractivity contribution in [3.63, 3.8) is 0 Å². The first kappa shape index (κ1) is 13.6. The summed E-state index contributed by atoms with van der Waals surface area (Å²) in [6, 6.07) is 2.78. The van der Waals surface area contributed by atoms with Gasteiger partial charge >= 0.3 is 0 Å². The van der Waals surface area contributed by atoms with Crippen LogP contribution >= 0.6 is 11.6 Å². The van der Waals surface area contributed by atoms with Gasteiger partial charge in [-0.2, -0.15) is 0 Å². The van der Waals surface area contributed by atoms with Gasteiger partial charge in [0, 0.05) is 25.3 Å². The van der Waals surface area contributed by atoms with Crippen LogP contribution in [0.5, 0.6) is 0 Å². The summed E-state index contributed by atoms with van der Waals surface area (Å²) in [5.41, 5.74) is 1.13. The van der Waals surface area contributed by atoms with Gasteiger partial charge in [0.15, 0.2) is 0 Å². The van der Waals surface area contributed by atoms with Gasteiger partial charge in [0.1, 0.15) is 5.82 Å². The summed E-state index contributed by atoms with van der Waals surface area (Å²) in [5, 5.41) is 3.89. The Balaban J connectivity index is 2.21. The Kier molecular flexibility index (Phi) is 4.84. The largest absolute Gasteiger partial charge is 0.354 e. The highest BCUT2D eigenvalue weighted by molar-refractivity contribution is 6.31. The van der Waals surface area contributed by atoms with Crippen LogP contribution in [0.4, 0.5) is 5.82 Å². The van der Waals surface area contributed by atoms with Crippen LogP contribution in [-0.2, 0) is 6.54 Å². The van der Waals surface area contributed by atoms with Gasteiger partial charge < -0.3 is 10.2 Å². The molecule has 1 fully saturated rings. The number of aromatic nitrogens is 1. The Hall–Kier alpha value is -0.800. The zero-order valence-corrected chi connectivity index (χ0v) is 12.0. The molecule has 3 nitrogen and oxygen atoms in total. The minimum Gasteiger partial charge on any atom is -0.354 e. The van der Waals surface area contributed by atoms with E-state index >= 15 is 0 Å². The van der Waals surface area contributed by atoms with Gasteiger partial charge in [0.2, 0.25) is 0 Å². The Morgan fingerprint density at radius 1 is 1.44 bits per heavy atom. The highest BCUT2D eigenvalue weighted by atomic mass is 35.5. The predicted molar refractivity (Wildman–Crippen MR) is 77.3 cm³/mol. The number of halogens is 1. The van der Waals surface area contributed by atoms with Crippen LogP contribution in [0.3, 0.4) is 0 Å². The highest BCUT2D eigenvalue weighted by Crippen LogP contribution is 2.28. The lowest BCUT2D eigenvalue weighted by molar-refractivity contribution is 0.612. The summed E-state index contributed by atoms with van der Waals surface area (Å²) in [4.78, 5) is 6.92. The SMILES string of the molecule is CCN(c1cc(CNC)c(Cl)cn1)C1CCCC1. The van der Waals surface area contributed by atoms with Crippen LogP contribution in [0, 0.1) is 0 Å². The molecule has 0 aliphatic heterocycles. The number of pyridine rings is 1. The topological polar surface area (TPSA) is 28.2 Å². The van der Waals surface area contributed by atoms with Crippen molar-refractivity contribution < 1.29 is 0 Å². The zero-order valence-electron chi connectivity index (χ0n) is 11.2. The lowest BCUT2D eigenvalue weighted by atomic mass is 10.2. The van der Waals surface area contributed by atoms with E-state index in [1.807, 2.05) is 7.05 Å². The summed E-state index contributed by atoms with van der Waals surface area (Å²) in [7, 11) is 1.94. The number of anilines is 1. The summed E-state index contributed by atoms with van der Waals surface area (Å²) >= 11 is 6.16. The molecule has 1 aliphatic rings. The summed E-state index contributed by atoms with van der Waals surface area (Å²) in [5.74, 6) is 1.07. The summed E-state index contributed by atoms with van der Waals surface area (Å²) < 4.78 is 0. The molecule has 100 valence electrons. The van der Waals surface area contributed by atoms with Crippen LogP contribution in [0.1, 0.15) is 38.2 Å². The molecule has 1 saturated carbocycles. The third kappa shape index (κ3) is 2.96. The Morgan fingerprint density at radius 2 is 2.17 bits per heavy atom. The van der Waals surface area contributed by atoms with Crippen LogP contribution in [0.25, 0.3) is 0 Å². The fourth-order valence-electron chi connectivity index (χ4n) is 2.77. The first-order valence-electron chi connectivity index (χ1n) is 6.82. The second-order valence-corrected chi connectivity index (χ2v) is 5.30. The molecule has 0 spiro atoms. The van der Waals surface area contributed by atoms with E-state index in [2.05, 4.69) is 28.2 Å². The first-order valence-corrected chi connectivity index (χ1v) is 7.19. The molecule has 1 N–H and O–H groups in total. The van der Waals surface area contributed by atoms with Crippen molar-refractivity contribution in [2.45, 2.75) is 45.2 Å². The van der Waals surface area contributed by atoms with Gasteiger partial charge in [-0.3, -0.25) is 0 Å². The van der Waals surface area contributed by atoms with Crippen molar-refractivity contribution in [2.24, 2.45) is 0 Å². The standard InChI is InChI=1S/C14H22ClN3/c1-3-18(12-6-4-5-7-12)14-8-11(9-16-2)13(15)10-17-14/h8,10,12,16H,3-7,9H2,1-2H3. The Morgan fingerprint density at radius 3 is 2.78 bits per heavy atom. The van der Waals surface area contributed by atoms with Gasteiger partial charge in [0.25, 0.3) is 0 Å². The van der Waals surface area contributed by atoms with Gasteiger partial charge in [-0.25, -0.2) is 4.98 Å². The molecule has 1 aliphatic carbocycles. The molecule has 1 aromatic heterocycles. The molecular formula is C14H22ClN3. The molecule has 1 aromatic rings. The van der Waals surface area contributed by atoms with Crippen molar-refractivity contribution >= 4 is 17.4 Å². The fourth-order valence-corrected chi connectivity index (χ4v) is 2.94. The summed E-state index contributed by atoms with van der Waals surface area (Å²) in [6.07, 6.45) is 7.05. The molecule has 0 radical (unpaired) electrons. The van der Waals surface area contributed by atoms with E-state index in [1.54, 1.807) is 6.20 Å². The average Bonchev–Trinajstić information content (AvgIpc) is 2.88. The van der Waals surface area contributed by atoms with E-state index in [4.69, 9.17) is 11.6 Å². The molecular weight excluding hydrogens is 246 g/mol. The van der Waals surface area contributed by atoms with E-state index in [9.17, 15) is 0 Å². The van der Waals surface area contributed by atoms with Crippen LogP contribution in [-0.4, -0.2) is 24.6 Å². The molecule has 0 amide bonds. The van der Waals surface area contributed by atoms with Crippen LogP contribution < -0.4 is 10.2 Å². The highest BCUT2D eigenvalue weighted by Gasteiger charge is 2.22.